The van der Waals surface area contributed by atoms with Crippen LogP contribution in [0.25, 0.3) is 0 Å². The first-order valence-corrected chi connectivity index (χ1v) is 17.9. The summed E-state index contributed by atoms with van der Waals surface area (Å²) in [7, 11) is 13.7. The summed E-state index contributed by atoms with van der Waals surface area (Å²) in [6.45, 7) is 16.0. The smallest absolute Gasteiger partial charge is 0.209 e. The first-order chi connectivity index (χ1) is 20.3. The second kappa shape index (κ2) is 13.2. The predicted octanol–water partition coefficient (Wildman–Crippen LogP) is 8.69. The van der Waals surface area contributed by atoms with Crippen LogP contribution in [0.5, 0.6) is 0 Å². The second-order valence-corrected chi connectivity index (χ2v) is 18.0. The van der Waals surface area contributed by atoms with Crippen LogP contribution < -0.4 is 4.90 Å². The second-order valence-electron chi connectivity index (χ2n) is 15.8. The number of anilines is 1. The summed E-state index contributed by atoms with van der Waals surface area (Å²) in [5.41, 5.74) is 9.47. The van der Waals surface area contributed by atoms with E-state index in [0.29, 0.717) is 0 Å². The van der Waals surface area contributed by atoms with Crippen molar-refractivity contribution >= 4 is 55.6 Å². The lowest BCUT2D eigenvalue weighted by atomic mass is 9.81. The molecular formula is C38H55BrIN4+3. The van der Waals surface area contributed by atoms with E-state index in [1.165, 1.54) is 43.0 Å². The number of aryl methyl sites for hydroxylation is 1. The summed E-state index contributed by atoms with van der Waals surface area (Å²) in [5.74, 6) is 0. The quantitative estimate of drug-likeness (QED) is 0.0960. The maximum Gasteiger partial charge on any atom is 0.209 e. The zero-order valence-electron chi connectivity index (χ0n) is 29.1. The van der Waals surface area contributed by atoms with Crippen LogP contribution in [0, 0.1) is 10.5 Å². The normalized spacial score (nSPS) is 19.0. The van der Waals surface area contributed by atoms with Gasteiger partial charge < -0.3 is 13.9 Å². The molecule has 0 radical (unpaired) electrons. The fourth-order valence-corrected chi connectivity index (χ4v) is 7.45. The average Bonchev–Trinajstić information content (AvgIpc) is 3.22. The molecule has 2 aliphatic heterocycles. The molecule has 0 saturated carbocycles. The zero-order valence-corrected chi connectivity index (χ0v) is 32.8. The van der Waals surface area contributed by atoms with Crippen LogP contribution in [-0.4, -0.2) is 87.7 Å². The van der Waals surface area contributed by atoms with Gasteiger partial charge in [0, 0.05) is 55.5 Å². The van der Waals surface area contributed by atoms with E-state index in [2.05, 4.69) is 186 Å². The Labute approximate surface area is 290 Å². The van der Waals surface area contributed by atoms with Crippen molar-refractivity contribution in [1.82, 2.24) is 0 Å². The van der Waals surface area contributed by atoms with Crippen LogP contribution in [-0.2, 0) is 10.8 Å². The van der Waals surface area contributed by atoms with E-state index in [4.69, 9.17) is 0 Å². The van der Waals surface area contributed by atoms with Crippen molar-refractivity contribution in [2.45, 2.75) is 58.3 Å². The van der Waals surface area contributed by atoms with Crippen LogP contribution >= 0.6 is 38.5 Å². The van der Waals surface area contributed by atoms with Crippen LogP contribution in [0.15, 0.2) is 70.9 Å². The Morgan fingerprint density at radius 1 is 0.886 bits per heavy atom. The Kier molecular flexibility index (Phi) is 10.5. The molecule has 44 heavy (non-hydrogen) atoms. The molecule has 0 unspecified atom stereocenters. The van der Waals surface area contributed by atoms with E-state index in [-0.39, 0.29) is 10.8 Å². The largest absolute Gasteiger partial charge is 0.344 e. The highest BCUT2D eigenvalue weighted by molar-refractivity contribution is 14.1. The number of hydrogen-bond donors (Lipinski definition) is 0. The molecule has 0 atom stereocenters. The molecule has 238 valence electrons. The number of quaternary nitrogens is 2. The minimum atomic E-state index is -0.0648. The van der Waals surface area contributed by atoms with Crippen molar-refractivity contribution in [1.29, 1.82) is 0 Å². The van der Waals surface area contributed by atoms with Gasteiger partial charge in [0.15, 0.2) is 12.3 Å². The van der Waals surface area contributed by atoms with Crippen LogP contribution in [0.3, 0.4) is 0 Å². The molecule has 2 aromatic rings. The van der Waals surface area contributed by atoms with E-state index < -0.39 is 0 Å². The van der Waals surface area contributed by atoms with E-state index in [0.717, 1.165) is 52.5 Å². The van der Waals surface area contributed by atoms with Crippen molar-refractivity contribution in [2.75, 3.05) is 73.4 Å². The molecule has 4 nitrogen and oxygen atoms in total. The molecule has 0 aromatic heterocycles. The SMILES string of the molecule is Cc1ccc2c(c1)C(C)(C)\C(=C/C=C(Br)/C=C/C1=[N+](CCC[N+](C)(C)C)c3ccc(I)cc3C1(C)C)N2CCC[N+](C)(C)C. The highest BCUT2D eigenvalue weighted by Crippen LogP contribution is 2.48. The van der Waals surface area contributed by atoms with E-state index in [1.54, 1.807) is 0 Å². The minimum absolute atomic E-state index is 0.0607. The van der Waals surface area contributed by atoms with Gasteiger partial charge in [0.1, 0.15) is 0 Å². The highest BCUT2D eigenvalue weighted by Gasteiger charge is 2.44. The third-order valence-electron chi connectivity index (χ3n) is 9.12. The Morgan fingerprint density at radius 3 is 2.20 bits per heavy atom. The molecule has 2 aliphatic rings. The molecule has 0 saturated heterocycles. The lowest BCUT2D eigenvalue weighted by Gasteiger charge is -2.29. The van der Waals surface area contributed by atoms with Crippen molar-refractivity contribution in [3.05, 3.63) is 91.1 Å². The molecule has 0 fully saturated rings. The molecule has 0 amide bonds. The summed E-state index contributed by atoms with van der Waals surface area (Å²) in [6.07, 6.45) is 11.5. The average molecular weight is 775 g/mol. The van der Waals surface area contributed by atoms with Gasteiger partial charge in [0.05, 0.1) is 67.2 Å². The van der Waals surface area contributed by atoms with Crippen LogP contribution in [0.2, 0.25) is 0 Å². The van der Waals surface area contributed by atoms with Crippen molar-refractivity contribution in [2.24, 2.45) is 0 Å². The van der Waals surface area contributed by atoms with Crippen molar-refractivity contribution in [3.63, 3.8) is 0 Å². The summed E-state index contributed by atoms with van der Waals surface area (Å²) in [5, 5.41) is 0. The Hall–Kier alpha value is -1.74. The molecule has 6 heteroatoms. The molecule has 0 aliphatic carbocycles. The van der Waals surface area contributed by atoms with Gasteiger partial charge in [-0.3, -0.25) is 0 Å². The number of hydrogen-bond acceptors (Lipinski definition) is 1. The van der Waals surface area contributed by atoms with Crippen molar-refractivity contribution < 1.29 is 13.5 Å². The predicted molar refractivity (Wildman–Crippen MR) is 203 cm³/mol. The molecular weight excluding hydrogens is 719 g/mol. The topological polar surface area (TPSA) is 6.25 Å². The maximum atomic E-state index is 3.93. The minimum Gasteiger partial charge on any atom is -0.344 e. The van der Waals surface area contributed by atoms with Gasteiger partial charge in [-0.15, -0.1) is 0 Å². The first-order valence-electron chi connectivity index (χ1n) is 16.0. The number of fused-ring (bicyclic) bond motifs is 2. The highest BCUT2D eigenvalue weighted by atomic mass is 127. The number of rotatable bonds is 11. The number of benzene rings is 2. The summed E-state index contributed by atoms with van der Waals surface area (Å²) < 4.78 is 6.90. The van der Waals surface area contributed by atoms with Gasteiger partial charge in [-0.05, 0) is 85.4 Å². The molecule has 4 rings (SSSR count). The summed E-state index contributed by atoms with van der Waals surface area (Å²) >= 11 is 6.38. The molecule has 2 aromatic carbocycles. The zero-order chi connectivity index (χ0) is 32.7. The lowest BCUT2D eigenvalue weighted by molar-refractivity contribution is -0.871. The molecule has 2 heterocycles. The monoisotopic (exact) mass is 773 g/mol. The number of nitrogens with zero attached hydrogens (tertiary/aromatic N) is 4. The fraction of sp³-hybridized carbons (Fsp3) is 0.500. The molecule has 0 N–H and O–H groups in total. The Morgan fingerprint density at radius 2 is 1.55 bits per heavy atom. The van der Waals surface area contributed by atoms with Crippen LogP contribution in [0.1, 0.15) is 57.2 Å². The third kappa shape index (κ3) is 7.97. The van der Waals surface area contributed by atoms with E-state index >= 15 is 0 Å². The van der Waals surface area contributed by atoms with Gasteiger partial charge in [-0.1, -0.05) is 47.5 Å². The van der Waals surface area contributed by atoms with E-state index in [9.17, 15) is 0 Å². The van der Waals surface area contributed by atoms with Gasteiger partial charge in [0.2, 0.25) is 5.69 Å². The maximum absolute atomic E-state index is 3.93. The standard InChI is InChI=1S/C38H55BrIN4/c1-28-14-18-33-31(26-28)37(2,3)35(41(33)22-12-24-43(6,7)8)20-15-29(39)16-21-36-38(4,5)32-27-30(40)17-19-34(32)42(36)23-13-25-44(9,10)11/h14-21,26-27H,12-13,22-25H2,1-11H3/q+3. The number of halogens is 2. The molecule has 0 spiro atoms. The lowest BCUT2D eigenvalue weighted by Crippen LogP contribution is -2.37. The fourth-order valence-electron chi connectivity index (χ4n) is 6.70. The van der Waals surface area contributed by atoms with Gasteiger partial charge >= 0.3 is 0 Å². The van der Waals surface area contributed by atoms with E-state index in [1.807, 2.05) is 0 Å². The summed E-state index contributed by atoms with van der Waals surface area (Å²) in [4.78, 5) is 2.56. The first kappa shape index (κ1) is 35.1. The molecule has 0 bridgehead atoms. The third-order valence-corrected chi connectivity index (χ3v) is 10.3. The van der Waals surface area contributed by atoms with Gasteiger partial charge in [-0.25, -0.2) is 0 Å². The number of allylic oxidation sites excluding steroid dienone is 6. The van der Waals surface area contributed by atoms with Crippen molar-refractivity contribution in [3.8, 4) is 0 Å². The Balaban J connectivity index is 1.67. The summed E-state index contributed by atoms with van der Waals surface area (Å²) in [6, 6.07) is 13.9. The Bertz CT molecular complexity index is 1510. The van der Waals surface area contributed by atoms with Crippen LogP contribution in [0.4, 0.5) is 11.4 Å². The van der Waals surface area contributed by atoms with Gasteiger partial charge in [0.25, 0.3) is 0 Å². The van der Waals surface area contributed by atoms with Gasteiger partial charge in [-0.2, -0.15) is 4.58 Å².